The average Bonchev–Trinajstić information content (AvgIpc) is 2.17. The molecule has 0 aliphatic heterocycles. The summed E-state index contributed by atoms with van der Waals surface area (Å²) >= 11 is 0. The first-order valence-corrected chi connectivity index (χ1v) is 3.98. The molecule has 0 aliphatic carbocycles. The molecule has 106 valence electrons. The van der Waals surface area contributed by atoms with Crippen molar-refractivity contribution in [3.8, 4) is 0 Å². The number of hydrogen-bond acceptors (Lipinski definition) is 4. The Morgan fingerprint density at radius 3 is 1.94 bits per heavy atom. The van der Waals surface area contributed by atoms with Gasteiger partial charge in [-0.25, -0.2) is 0 Å². The van der Waals surface area contributed by atoms with Crippen LogP contribution in [0.4, 0.5) is 13.2 Å². The zero-order chi connectivity index (χ0) is 11.5. The van der Waals surface area contributed by atoms with Gasteiger partial charge in [-0.2, -0.15) is 13.2 Å². The van der Waals surface area contributed by atoms with Crippen molar-refractivity contribution < 1.29 is 44.1 Å². The molecule has 0 saturated heterocycles. The van der Waals surface area contributed by atoms with Gasteiger partial charge in [0.1, 0.15) is 5.76 Å². The maximum absolute atomic E-state index is 11.8. The van der Waals surface area contributed by atoms with Crippen LogP contribution in [0.15, 0.2) is 36.4 Å². The molecule has 0 heterocycles. The normalized spacial score (nSPS) is 10.5. The molecule has 0 aromatic heterocycles. The molecule has 0 aliphatic rings. The third kappa shape index (κ3) is 6.54. The van der Waals surface area contributed by atoms with Gasteiger partial charge in [-0.1, -0.05) is 30.3 Å². The molecule has 0 spiro atoms. The van der Waals surface area contributed by atoms with E-state index in [1.807, 2.05) is 0 Å². The van der Waals surface area contributed by atoms with Crippen LogP contribution >= 0.6 is 0 Å². The number of rotatable bonds is 2. The quantitative estimate of drug-likeness (QED) is 0.481. The zero-order valence-corrected chi connectivity index (χ0v) is 11.5. The number of carbonyl (C=O) groups excluding carboxylic acids is 1. The molecule has 0 fully saturated rings. The van der Waals surface area contributed by atoms with Crippen molar-refractivity contribution in [2.45, 2.75) is 6.18 Å². The van der Waals surface area contributed by atoms with Crippen molar-refractivity contribution in [2.75, 3.05) is 0 Å². The molecule has 0 bridgehead atoms. The molecule has 0 amide bonds. The molecule has 18 heavy (non-hydrogen) atoms. The number of ketones is 1. The van der Waals surface area contributed by atoms with Crippen LogP contribution in [0, 0.1) is 0 Å². The maximum Gasteiger partial charge on any atom is 0.454 e. The van der Waals surface area contributed by atoms with Crippen molar-refractivity contribution in [3.63, 3.8) is 0 Å². The minimum absolute atomic E-state index is 0. The molecule has 1 aromatic rings. The van der Waals surface area contributed by atoms with Crippen molar-refractivity contribution >= 4 is 11.5 Å². The Labute approximate surface area is 116 Å². The summed E-state index contributed by atoms with van der Waals surface area (Å²) < 4.78 is 35.5. The number of allylic oxidation sites excluding steroid dienone is 1. The van der Waals surface area contributed by atoms with Gasteiger partial charge in [0.15, 0.2) is 0 Å². The summed E-state index contributed by atoms with van der Waals surface area (Å²) in [7, 11) is 0. The van der Waals surface area contributed by atoms with Gasteiger partial charge in [0.25, 0.3) is 5.78 Å². The minimum atomic E-state index is -4.96. The first kappa shape index (κ1) is 22.0. The first-order chi connectivity index (χ1) is 6.91. The van der Waals surface area contributed by atoms with Crippen molar-refractivity contribution in [3.05, 3.63) is 42.0 Å². The van der Waals surface area contributed by atoms with E-state index in [-0.39, 0.29) is 45.0 Å². The fourth-order valence-corrected chi connectivity index (χ4v) is 0.898. The number of halogens is 3. The van der Waals surface area contributed by atoms with Gasteiger partial charge in [0, 0.05) is 32.7 Å². The third-order valence-corrected chi connectivity index (χ3v) is 1.62. The molecular formula is C10H13F3N2O2Pt. The monoisotopic (exact) mass is 445 g/mol. The first-order valence-electron chi connectivity index (χ1n) is 3.98. The summed E-state index contributed by atoms with van der Waals surface area (Å²) in [6.45, 7) is 0. The van der Waals surface area contributed by atoms with Crippen LogP contribution in [0.25, 0.3) is 5.76 Å². The van der Waals surface area contributed by atoms with E-state index in [4.69, 9.17) is 0 Å². The van der Waals surface area contributed by atoms with Crippen LogP contribution < -0.4 is 12.3 Å². The molecule has 4 nitrogen and oxygen atoms in total. The molecule has 7 N–H and O–H groups in total. The minimum Gasteiger partial charge on any atom is -0.507 e. The van der Waals surface area contributed by atoms with E-state index >= 15 is 0 Å². The van der Waals surface area contributed by atoms with Gasteiger partial charge >= 0.3 is 6.18 Å². The Morgan fingerprint density at radius 2 is 1.56 bits per heavy atom. The summed E-state index contributed by atoms with van der Waals surface area (Å²) in [5.74, 6) is -2.78. The SMILES string of the molecule is N.N.O=C(/C=C(\O)c1ccccc1)C(F)(F)F.[Pt]. The van der Waals surface area contributed by atoms with E-state index in [9.17, 15) is 23.1 Å². The van der Waals surface area contributed by atoms with Crippen molar-refractivity contribution in [1.82, 2.24) is 12.3 Å². The van der Waals surface area contributed by atoms with E-state index in [0.29, 0.717) is 0 Å². The van der Waals surface area contributed by atoms with Crippen LogP contribution in [0.5, 0.6) is 0 Å². The van der Waals surface area contributed by atoms with Crippen LogP contribution in [0.3, 0.4) is 0 Å². The molecule has 8 heteroatoms. The molecule has 0 radical (unpaired) electrons. The predicted molar refractivity (Wildman–Crippen MR) is 58.2 cm³/mol. The van der Waals surface area contributed by atoms with Crippen LogP contribution in [0.1, 0.15) is 5.56 Å². The van der Waals surface area contributed by atoms with E-state index in [2.05, 4.69) is 0 Å². The summed E-state index contributed by atoms with van der Waals surface area (Å²) in [5, 5.41) is 9.19. The van der Waals surface area contributed by atoms with Crippen molar-refractivity contribution in [1.29, 1.82) is 0 Å². The topological polar surface area (TPSA) is 107 Å². The van der Waals surface area contributed by atoms with Crippen LogP contribution in [0.2, 0.25) is 0 Å². The van der Waals surface area contributed by atoms with Gasteiger partial charge in [-0.3, -0.25) is 4.79 Å². The molecule has 0 saturated carbocycles. The van der Waals surface area contributed by atoms with E-state index in [1.54, 1.807) is 6.07 Å². The number of benzene rings is 1. The smallest absolute Gasteiger partial charge is 0.454 e. The Kier molecular flexibility index (Phi) is 10.8. The number of alkyl halides is 3. The maximum atomic E-state index is 11.8. The standard InChI is InChI=1S/C10H7F3O2.2H3N.Pt/c11-10(12,13)9(15)6-8(14)7-4-2-1-3-5-7;;;/h1-6,14H;2*1H3;/b8-6-;;;. The van der Waals surface area contributed by atoms with E-state index in [0.717, 1.165) is 0 Å². The Morgan fingerprint density at radius 1 is 1.11 bits per heavy atom. The second-order valence-electron chi connectivity index (χ2n) is 2.76. The fourth-order valence-electron chi connectivity index (χ4n) is 0.898. The number of aliphatic hydroxyl groups excluding tert-OH is 1. The Hall–Kier alpha value is -1.17. The molecule has 1 rings (SSSR count). The number of carbonyl (C=O) groups is 1. The summed E-state index contributed by atoms with van der Waals surface area (Å²) in [6.07, 6.45) is -4.79. The average molecular weight is 445 g/mol. The predicted octanol–water partition coefficient (Wildman–Crippen LogP) is 3.04. The number of aliphatic hydroxyl groups is 1. The number of hydrogen-bond donors (Lipinski definition) is 3. The zero-order valence-electron chi connectivity index (χ0n) is 9.18. The summed E-state index contributed by atoms with van der Waals surface area (Å²) in [5.41, 5.74) is 0.162. The van der Waals surface area contributed by atoms with Gasteiger partial charge in [-0.15, -0.1) is 0 Å². The van der Waals surface area contributed by atoms with Crippen LogP contribution in [-0.2, 0) is 25.9 Å². The Bertz CT molecular complexity index is 394. The van der Waals surface area contributed by atoms with Gasteiger partial charge in [-0.05, 0) is 0 Å². The second kappa shape index (κ2) is 8.85. The van der Waals surface area contributed by atoms with Gasteiger partial charge < -0.3 is 17.4 Å². The fraction of sp³-hybridized carbons (Fsp3) is 0.100. The van der Waals surface area contributed by atoms with Gasteiger partial charge in [0.2, 0.25) is 0 Å². The van der Waals surface area contributed by atoms with E-state index < -0.39 is 17.7 Å². The van der Waals surface area contributed by atoms with Crippen LogP contribution in [-0.4, -0.2) is 17.1 Å². The molecule has 1 aromatic carbocycles. The van der Waals surface area contributed by atoms with E-state index in [1.165, 1.54) is 24.3 Å². The third-order valence-electron chi connectivity index (χ3n) is 1.62. The Balaban J connectivity index is -0.000000750. The largest absolute Gasteiger partial charge is 0.507 e. The summed E-state index contributed by atoms with van der Waals surface area (Å²) in [4.78, 5) is 10.5. The second-order valence-corrected chi connectivity index (χ2v) is 2.76. The molecule has 0 unspecified atom stereocenters. The summed E-state index contributed by atoms with van der Waals surface area (Å²) in [6, 6.07) is 7.52. The molecule has 0 atom stereocenters. The van der Waals surface area contributed by atoms with Crippen molar-refractivity contribution in [2.24, 2.45) is 0 Å². The molecular weight excluding hydrogens is 432 g/mol. The van der Waals surface area contributed by atoms with Gasteiger partial charge in [0.05, 0.1) is 0 Å².